The molecule has 1 heterocycles. The van der Waals surface area contributed by atoms with E-state index in [1.54, 1.807) is 24.3 Å². The lowest BCUT2D eigenvalue weighted by Gasteiger charge is -2.00. The molecule has 1 aromatic heterocycles. The summed E-state index contributed by atoms with van der Waals surface area (Å²) >= 11 is 3.48. The maximum absolute atomic E-state index is 10.7. The van der Waals surface area contributed by atoms with Crippen molar-refractivity contribution in [1.29, 1.82) is 5.26 Å². The first-order valence-corrected chi connectivity index (χ1v) is 8.09. The second-order valence-electron chi connectivity index (χ2n) is 5.16. The summed E-state index contributed by atoms with van der Waals surface area (Å²) in [6, 6.07) is 19.2. The fourth-order valence-corrected chi connectivity index (χ4v) is 2.80. The summed E-state index contributed by atoms with van der Waals surface area (Å²) in [6.07, 6.45) is 1.61. The first-order valence-electron chi connectivity index (χ1n) is 7.30. The van der Waals surface area contributed by atoms with Gasteiger partial charge in [0.25, 0.3) is 5.69 Å². The molecule has 5 nitrogen and oxygen atoms in total. The Kier molecular flexibility index (Phi) is 4.78. The van der Waals surface area contributed by atoms with Crippen LogP contribution in [-0.2, 0) is 0 Å². The number of non-ortho nitro benzene ring substituents is 1. The number of nitrogens with zero attached hydrogens (tertiary/aromatic N) is 2. The first-order chi connectivity index (χ1) is 12.1. The lowest BCUT2D eigenvalue weighted by atomic mass is 10.1. The van der Waals surface area contributed by atoms with E-state index in [0.29, 0.717) is 22.7 Å². The molecular formula is C19H11BrN2O3. The third-order valence-corrected chi connectivity index (χ3v) is 4.25. The standard InChI is InChI=1S/C19H11BrN2O3/c20-18-4-2-1-3-17(18)19-10-9-16(25-19)11-14(12-21)13-5-7-15(8-6-13)22(23)24/h1-11H/b14-11+. The highest BCUT2D eigenvalue weighted by atomic mass is 79.9. The van der Waals surface area contributed by atoms with E-state index in [1.807, 2.05) is 30.3 Å². The Hall–Kier alpha value is -3.17. The minimum Gasteiger partial charge on any atom is -0.457 e. The van der Waals surface area contributed by atoms with Crippen molar-refractivity contribution in [1.82, 2.24) is 0 Å². The number of nitro groups is 1. The Morgan fingerprint density at radius 3 is 2.48 bits per heavy atom. The maximum Gasteiger partial charge on any atom is 0.269 e. The number of rotatable bonds is 4. The van der Waals surface area contributed by atoms with Crippen molar-refractivity contribution in [2.24, 2.45) is 0 Å². The van der Waals surface area contributed by atoms with Gasteiger partial charge in [-0.15, -0.1) is 0 Å². The number of furan rings is 1. The number of benzene rings is 2. The number of halogens is 1. The van der Waals surface area contributed by atoms with Crippen LogP contribution in [0.1, 0.15) is 11.3 Å². The molecule has 0 aliphatic heterocycles. The SMILES string of the molecule is N#C/C(=C\c1ccc(-c2ccccc2Br)o1)c1ccc([N+](=O)[O-])cc1. The second kappa shape index (κ2) is 7.16. The molecule has 0 atom stereocenters. The van der Waals surface area contributed by atoms with Gasteiger partial charge in [0, 0.05) is 22.2 Å². The van der Waals surface area contributed by atoms with Gasteiger partial charge in [-0.3, -0.25) is 10.1 Å². The van der Waals surface area contributed by atoms with Gasteiger partial charge in [-0.25, -0.2) is 0 Å². The van der Waals surface area contributed by atoms with Crippen LogP contribution in [0, 0.1) is 21.4 Å². The van der Waals surface area contributed by atoms with Gasteiger partial charge < -0.3 is 4.42 Å². The summed E-state index contributed by atoms with van der Waals surface area (Å²) in [5.41, 5.74) is 1.85. The number of hydrogen-bond donors (Lipinski definition) is 0. The Balaban J connectivity index is 1.92. The normalized spacial score (nSPS) is 11.1. The summed E-state index contributed by atoms with van der Waals surface area (Å²) in [7, 11) is 0. The molecule has 0 amide bonds. The van der Waals surface area contributed by atoms with Crippen LogP contribution < -0.4 is 0 Å². The lowest BCUT2D eigenvalue weighted by molar-refractivity contribution is -0.384. The van der Waals surface area contributed by atoms with Gasteiger partial charge in [-0.05, 0) is 42.0 Å². The first kappa shape index (κ1) is 16.7. The minimum atomic E-state index is -0.476. The number of nitriles is 1. The van der Waals surface area contributed by atoms with Gasteiger partial charge in [0.2, 0.25) is 0 Å². The summed E-state index contributed by atoms with van der Waals surface area (Å²) in [5, 5.41) is 20.1. The van der Waals surface area contributed by atoms with E-state index in [0.717, 1.165) is 10.0 Å². The lowest BCUT2D eigenvalue weighted by Crippen LogP contribution is -1.88. The van der Waals surface area contributed by atoms with Gasteiger partial charge in [0.1, 0.15) is 11.5 Å². The van der Waals surface area contributed by atoms with Gasteiger partial charge in [0.15, 0.2) is 0 Å². The van der Waals surface area contributed by atoms with Crippen LogP contribution in [0.15, 0.2) is 69.6 Å². The third-order valence-electron chi connectivity index (χ3n) is 3.56. The van der Waals surface area contributed by atoms with Gasteiger partial charge >= 0.3 is 0 Å². The zero-order chi connectivity index (χ0) is 17.8. The average Bonchev–Trinajstić information content (AvgIpc) is 3.08. The van der Waals surface area contributed by atoms with Crippen molar-refractivity contribution in [3.63, 3.8) is 0 Å². The summed E-state index contributed by atoms with van der Waals surface area (Å²) in [4.78, 5) is 10.2. The summed E-state index contributed by atoms with van der Waals surface area (Å²) < 4.78 is 6.71. The molecule has 6 heteroatoms. The van der Waals surface area contributed by atoms with Crippen LogP contribution in [0.25, 0.3) is 23.0 Å². The Morgan fingerprint density at radius 2 is 1.84 bits per heavy atom. The van der Waals surface area contributed by atoms with E-state index in [9.17, 15) is 15.4 Å². The van der Waals surface area contributed by atoms with Crippen LogP contribution in [0.3, 0.4) is 0 Å². The molecule has 0 spiro atoms. The molecule has 0 saturated heterocycles. The fraction of sp³-hybridized carbons (Fsp3) is 0. The van der Waals surface area contributed by atoms with E-state index in [4.69, 9.17) is 4.42 Å². The molecule has 0 aliphatic rings. The van der Waals surface area contributed by atoms with Crippen molar-refractivity contribution in [2.75, 3.05) is 0 Å². The largest absolute Gasteiger partial charge is 0.457 e. The van der Waals surface area contributed by atoms with Crippen molar-refractivity contribution in [3.8, 4) is 17.4 Å². The van der Waals surface area contributed by atoms with E-state index in [2.05, 4.69) is 22.0 Å². The monoisotopic (exact) mass is 394 g/mol. The molecule has 3 rings (SSSR count). The van der Waals surface area contributed by atoms with Crippen molar-refractivity contribution >= 4 is 33.3 Å². The van der Waals surface area contributed by atoms with Crippen molar-refractivity contribution < 1.29 is 9.34 Å². The quantitative estimate of drug-likeness (QED) is 0.323. The van der Waals surface area contributed by atoms with Crippen LogP contribution in [-0.4, -0.2) is 4.92 Å². The number of nitro benzene ring substituents is 1. The number of allylic oxidation sites excluding steroid dienone is 1. The topological polar surface area (TPSA) is 80.1 Å². The van der Waals surface area contributed by atoms with Gasteiger partial charge in [-0.2, -0.15) is 5.26 Å². The predicted molar refractivity (Wildman–Crippen MR) is 98.4 cm³/mol. The van der Waals surface area contributed by atoms with E-state index in [-0.39, 0.29) is 5.69 Å². The number of hydrogen-bond acceptors (Lipinski definition) is 4. The van der Waals surface area contributed by atoms with Crippen LogP contribution >= 0.6 is 15.9 Å². The molecule has 0 bridgehead atoms. The molecule has 3 aromatic rings. The Labute approximate surface area is 152 Å². The molecule has 122 valence electrons. The molecule has 2 aromatic carbocycles. The van der Waals surface area contributed by atoms with E-state index < -0.39 is 4.92 Å². The highest BCUT2D eigenvalue weighted by molar-refractivity contribution is 9.10. The highest BCUT2D eigenvalue weighted by Gasteiger charge is 2.10. The molecule has 0 N–H and O–H groups in total. The fourth-order valence-electron chi connectivity index (χ4n) is 2.32. The van der Waals surface area contributed by atoms with Crippen LogP contribution in [0.4, 0.5) is 5.69 Å². The van der Waals surface area contributed by atoms with Crippen molar-refractivity contribution in [2.45, 2.75) is 0 Å². The van der Waals surface area contributed by atoms with E-state index in [1.165, 1.54) is 12.1 Å². The summed E-state index contributed by atoms with van der Waals surface area (Å²) in [5.74, 6) is 1.21. The predicted octanol–water partition coefficient (Wildman–Crippen LogP) is 5.68. The average molecular weight is 395 g/mol. The molecule has 25 heavy (non-hydrogen) atoms. The van der Waals surface area contributed by atoms with Gasteiger partial charge in [-0.1, -0.05) is 34.1 Å². The van der Waals surface area contributed by atoms with Gasteiger partial charge in [0.05, 0.1) is 16.6 Å². The molecular weight excluding hydrogens is 384 g/mol. The zero-order valence-electron chi connectivity index (χ0n) is 12.8. The molecule has 0 aliphatic carbocycles. The third kappa shape index (κ3) is 3.67. The molecule has 0 unspecified atom stereocenters. The van der Waals surface area contributed by atoms with Crippen molar-refractivity contribution in [3.05, 3.63) is 86.6 Å². The second-order valence-corrected chi connectivity index (χ2v) is 6.01. The highest BCUT2D eigenvalue weighted by Crippen LogP contribution is 2.30. The smallest absolute Gasteiger partial charge is 0.269 e. The Bertz CT molecular complexity index is 998. The minimum absolute atomic E-state index is 0.0183. The summed E-state index contributed by atoms with van der Waals surface area (Å²) in [6.45, 7) is 0. The molecule has 0 radical (unpaired) electrons. The van der Waals surface area contributed by atoms with Crippen LogP contribution in [0.2, 0.25) is 0 Å². The zero-order valence-corrected chi connectivity index (χ0v) is 14.4. The molecule has 0 saturated carbocycles. The Morgan fingerprint density at radius 1 is 1.12 bits per heavy atom. The van der Waals surface area contributed by atoms with E-state index >= 15 is 0 Å². The van der Waals surface area contributed by atoms with Crippen LogP contribution in [0.5, 0.6) is 0 Å². The molecule has 0 fully saturated rings. The maximum atomic E-state index is 10.7.